The average Bonchev–Trinajstić information content (AvgIpc) is 3.63. The number of allylic oxidation sites excluding steroid dienone is 1. The number of nitrogens with one attached hydrogen (secondary N) is 1. The minimum atomic E-state index is -1.41. The molecule has 2 N–H and O–H groups in total. The minimum absolute atomic E-state index is 0.0820. The van der Waals surface area contributed by atoms with E-state index in [1.807, 2.05) is 74.5 Å². The van der Waals surface area contributed by atoms with Crippen LogP contribution in [0, 0.1) is 25.7 Å². The standard InChI is InChI=1S/C35H38BrN3O7/c1-21-11-9-12-22(2)29(21)38-16-8-4-7-15-26(41)45-20-25(23-13-5-3-6-14-23)37-32(42)27-28-33(43)39(17-10-18-40)31(34(38)44)35(28)19-24(36)30(27)46-35/h3-6,8-9,11-14,19,25,27-28,30-31,40H,7,10,15-18,20H2,1-2H3,(H,37,42)/b8-4-/t25-,27-,28+,30-,31-,35+/m1/s1. The normalized spacial score (nSPS) is 30.6. The second kappa shape index (κ2) is 13.1. The molecular formula is C35H38BrN3O7. The zero-order valence-electron chi connectivity index (χ0n) is 25.9. The molecule has 0 radical (unpaired) electrons. The Balaban J connectivity index is 1.47. The Bertz CT molecular complexity index is 1570. The van der Waals surface area contributed by atoms with Gasteiger partial charge < -0.3 is 29.7 Å². The molecule has 2 aromatic carbocycles. The highest BCUT2D eigenvalue weighted by Crippen LogP contribution is 2.58. The lowest BCUT2D eigenvalue weighted by Gasteiger charge is -2.36. The first kappa shape index (κ1) is 32.2. The Kier molecular flexibility index (Phi) is 9.18. The van der Waals surface area contributed by atoms with Crippen molar-refractivity contribution in [2.24, 2.45) is 11.8 Å². The van der Waals surface area contributed by atoms with E-state index in [4.69, 9.17) is 9.47 Å². The van der Waals surface area contributed by atoms with E-state index >= 15 is 0 Å². The van der Waals surface area contributed by atoms with Crippen molar-refractivity contribution in [3.8, 4) is 0 Å². The van der Waals surface area contributed by atoms with E-state index in [0.717, 1.165) is 22.4 Å². The fraction of sp³-hybridized carbons (Fsp3) is 0.429. The van der Waals surface area contributed by atoms with Gasteiger partial charge in [-0.25, -0.2) is 0 Å². The lowest BCUT2D eigenvalue weighted by Crippen LogP contribution is -2.56. The number of aryl methyl sites for hydroxylation is 2. The first-order chi connectivity index (χ1) is 22.2. The number of anilines is 1. The number of para-hydroxylation sites is 1. The van der Waals surface area contributed by atoms with Crippen molar-refractivity contribution in [2.75, 3.05) is 31.2 Å². The summed E-state index contributed by atoms with van der Waals surface area (Å²) in [6, 6.07) is 13.3. The number of aliphatic hydroxyl groups excluding tert-OH is 1. The molecule has 6 rings (SSSR count). The largest absolute Gasteiger partial charge is 0.463 e. The van der Waals surface area contributed by atoms with Gasteiger partial charge in [-0.3, -0.25) is 19.2 Å². The molecular weight excluding hydrogens is 654 g/mol. The number of hydrogen-bond donors (Lipinski definition) is 2. The Morgan fingerprint density at radius 2 is 1.74 bits per heavy atom. The highest BCUT2D eigenvalue weighted by Gasteiger charge is 2.74. The van der Waals surface area contributed by atoms with Crippen molar-refractivity contribution < 1.29 is 33.8 Å². The second-order valence-corrected chi connectivity index (χ2v) is 13.2. The van der Waals surface area contributed by atoms with E-state index in [1.165, 1.54) is 4.90 Å². The number of cyclic esters (lactones) is 1. The topological polar surface area (TPSA) is 125 Å². The molecule has 242 valence electrons. The predicted octanol–water partition coefficient (Wildman–Crippen LogP) is 3.64. The smallest absolute Gasteiger partial charge is 0.306 e. The average molecular weight is 693 g/mol. The molecule has 11 heteroatoms. The molecule has 10 nitrogen and oxygen atoms in total. The van der Waals surface area contributed by atoms with Crippen LogP contribution < -0.4 is 10.2 Å². The molecule has 2 fully saturated rings. The van der Waals surface area contributed by atoms with Crippen LogP contribution in [0.5, 0.6) is 0 Å². The Labute approximate surface area is 276 Å². The molecule has 0 saturated carbocycles. The van der Waals surface area contributed by atoms with Gasteiger partial charge in [0.15, 0.2) is 0 Å². The van der Waals surface area contributed by atoms with Gasteiger partial charge in [0, 0.05) is 36.3 Å². The van der Waals surface area contributed by atoms with Gasteiger partial charge in [-0.1, -0.05) is 76.6 Å². The predicted molar refractivity (Wildman–Crippen MR) is 174 cm³/mol. The van der Waals surface area contributed by atoms with Crippen LogP contribution in [-0.2, 0) is 28.7 Å². The van der Waals surface area contributed by atoms with Crippen LogP contribution in [0.3, 0.4) is 0 Å². The Morgan fingerprint density at radius 3 is 2.46 bits per heavy atom. The van der Waals surface area contributed by atoms with Gasteiger partial charge in [0.05, 0.1) is 17.9 Å². The fourth-order valence-corrected chi connectivity index (χ4v) is 8.10. The third kappa shape index (κ3) is 5.58. The van der Waals surface area contributed by atoms with Crippen LogP contribution in [0.25, 0.3) is 0 Å². The summed E-state index contributed by atoms with van der Waals surface area (Å²) in [5, 5.41) is 12.8. The maximum absolute atomic E-state index is 15.0. The number of carbonyl (C=O) groups excluding carboxylic acids is 4. The number of carbonyl (C=O) groups is 4. The number of amides is 3. The highest BCUT2D eigenvalue weighted by atomic mass is 79.9. The van der Waals surface area contributed by atoms with Crippen LogP contribution in [0.4, 0.5) is 5.69 Å². The number of benzene rings is 2. The number of esters is 1. The molecule has 4 aliphatic heterocycles. The zero-order valence-corrected chi connectivity index (χ0v) is 27.4. The molecule has 2 aromatic rings. The number of rotatable bonds is 5. The number of halogens is 1. The third-order valence-corrected chi connectivity index (χ3v) is 10.1. The van der Waals surface area contributed by atoms with Gasteiger partial charge >= 0.3 is 5.97 Å². The van der Waals surface area contributed by atoms with Crippen molar-refractivity contribution in [2.45, 2.75) is 56.9 Å². The van der Waals surface area contributed by atoms with Crippen LogP contribution in [0.1, 0.15) is 42.0 Å². The van der Waals surface area contributed by atoms with Crippen LogP contribution in [0.2, 0.25) is 0 Å². The molecule has 4 heterocycles. The number of aliphatic hydroxyl groups is 1. The molecule has 1 spiro atoms. The van der Waals surface area contributed by atoms with Gasteiger partial charge in [0.2, 0.25) is 11.8 Å². The van der Waals surface area contributed by atoms with Crippen LogP contribution in [0.15, 0.2) is 71.2 Å². The number of ether oxygens (including phenoxy) is 2. The summed E-state index contributed by atoms with van der Waals surface area (Å²) in [7, 11) is 0. The van der Waals surface area contributed by atoms with E-state index < -0.39 is 47.5 Å². The lowest BCUT2D eigenvalue weighted by atomic mass is 9.74. The van der Waals surface area contributed by atoms with Gasteiger partial charge in [-0.05, 0) is 49.5 Å². The number of likely N-dealkylation sites (tertiary alicyclic amines) is 1. The third-order valence-electron chi connectivity index (χ3n) is 9.39. The molecule has 3 amide bonds. The molecule has 0 aliphatic carbocycles. The van der Waals surface area contributed by atoms with Crippen molar-refractivity contribution in [3.63, 3.8) is 0 Å². The first-order valence-electron chi connectivity index (χ1n) is 15.7. The molecule has 46 heavy (non-hydrogen) atoms. The number of hydrogen-bond acceptors (Lipinski definition) is 7. The summed E-state index contributed by atoms with van der Waals surface area (Å²) in [6.45, 7) is 3.92. The Morgan fingerprint density at radius 1 is 1.00 bits per heavy atom. The van der Waals surface area contributed by atoms with E-state index in [0.29, 0.717) is 10.9 Å². The SMILES string of the molecule is Cc1cccc(C)c1N1C/C=C\CCC(=O)OC[C@H](c2ccccc2)NC(=O)[C@H]2[C@@H]3O[C@@]4(C=C3Br)[C@@H]2C(=O)N(CCCO)[C@@H]4C1=O. The summed E-state index contributed by atoms with van der Waals surface area (Å²) >= 11 is 3.60. The Hall–Kier alpha value is -3.80. The summed E-state index contributed by atoms with van der Waals surface area (Å²) in [5.74, 6) is -3.49. The zero-order chi connectivity index (χ0) is 32.6. The van der Waals surface area contributed by atoms with Gasteiger partial charge in [0.25, 0.3) is 5.91 Å². The summed E-state index contributed by atoms with van der Waals surface area (Å²) < 4.78 is 12.8. The lowest BCUT2D eigenvalue weighted by molar-refractivity contribution is -0.145. The van der Waals surface area contributed by atoms with E-state index in [1.54, 1.807) is 11.0 Å². The van der Waals surface area contributed by atoms with Crippen molar-refractivity contribution >= 4 is 45.3 Å². The molecule has 5 bridgehead atoms. The fourth-order valence-electron chi connectivity index (χ4n) is 7.37. The van der Waals surface area contributed by atoms with Crippen molar-refractivity contribution in [1.82, 2.24) is 10.2 Å². The molecule has 6 atom stereocenters. The van der Waals surface area contributed by atoms with Crippen molar-refractivity contribution in [1.29, 1.82) is 0 Å². The summed E-state index contributed by atoms with van der Waals surface area (Å²) in [6.07, 6.45) is 5.49. The van der Waals surface area contributed by atoms with Crippen LogP contribution in [-0.4, -0.2) is 77.7 Å². The van der Waals surface area contributed by atoms with E-state index in [2.05, 4.69) is 21.2 Å². The van der Waals surface area contributed by atoms with E-state index in [-0.39, 0.29) is 51.0 Å². The molecule has 2 saturated heterocycles. The minimum Gasteiger partial charge on any atom is -0.463 e. The van der Waals surface area contributed by atoms with Gasteiger partial charge in [-0.2, -0.15) is 0 Å². The van der Waals surface area contributed by atoms with Gasteiger partial charge in [0.1, 0.15) is 24.4 Å². The number of nitrogens with zero attached hydrogens (tertiary/aromatic N) is 2. The quantitative estimate of drug-likeness (QED) is 0.362. The maximum Gasteiger partial charge on any atom is 0.306 e. The number of fused-ring (bicyclic) bond motifs is 2. The maximum atomic E-state index is 15.0. The molecule has 4 aliphatic rings. The van der Waals surface area contributed by atoms with Gasteiger partial charge in [-0.15, -0.1) is 0 Å². The second-order valence-electron chi connectivity index (χ2n) is 12.3. The van der Waals surface area contributed by atoms with Crippen molar-refractivity contribution in [3.05, 3.63) is 87.9 Å². The molecule has 0 unspecified atom stereocenters. The highest BCUT2D eigenvalue weighted by molar-refractivity contribution is 9.11. The molecule has 0 aromatic heterocycles. The summed E-state index contributed by atoms with van der Waals surface area (Å²) in [4.78, 5) is 59.5. The van der Waals surface area contributed by atoms with Crippen LogP contribution >= 0.6 is 15.9 Å². The first-order valence-corrected chi connectivity index (χ1v) is 16.5. The van der Waals surface area contributed by atoms with E-state index in [9.17, 15) is 24.3 Å². The monoisotopic (exact) mass is 691 g/mol. The summed E-state index contributed by atoms with van der Waals surface area (Å²) in [5.41, 5.74) is 1.83.